The Morgan fingerprint density at radius 2 is 2.47 bits per heavy atom. The fourth-order valence-electron chi connectivity index (χ4n) is 1.34. The Balaban J connectivity index is 2.25. The summed E-state index contributed by atoms with van der Waals surface area (Å²) in [5, 5.41) is 0. The summed E-state index contributed by atoms with van der Waals surface area (Å²) in [6.07, 6.45) is 5.95. The van der Waals surface area contributed by atoms with E-state index in [9.17, 15) is 4.79 Å². The van der Waals surface area contributed by atoms with Crippen molar-refractivity contribution in [3.8, 4) is 0 Å². The molecule has 4 heteroatoms. The topological polar surface area (TPSA) is 65.2 Å². The van der Waals surface area contributed by atoms with E-state index in [0.717, 1.165) is 18.4 Å². The molecule has 1 atom stereocenters. The van der Waals surface area contributed by atoms with Crippen molar-refractivity contribution < 1.29 is 9.53 Å². The zero-order valence-corrected chi connectivity index (χ0v) is 8.85. The van der Waals surface area contributed by atoms with Crippen molar-refractivity contribution in [3.63, 3.8) is 0 Å². The lowest BCUT2D eigenvalue weighted by Gasteiger charge is -2.08. The van der Waals surface area contributed by atoms with Crippen LogP contribution in [0.3, 0.4) is 0 Å². The van der Waals surface area contributed by atoms with Gasteiger partial charge in [-0.3, -0.25) is 9.78 Å². The fraction of sp³-hybridized carbons (Fsp3) is 0.455. The van der Waals surface area contributed by atoms with E-state index in [0.29, 0.717) is 6.42 Å². The van der Waals surface area contributed by atoms with Crippen LogP contribution in [0.1, 0.15) is 18.4 Å². The van der Waals surface area contributed by atoms with E-state index in [1.165, 1.54) is 7.11 Å². The van der Waals surface area contributed by atoms with Crippen molar-refractivity contribution in [1.29, 1.82) is 0 Å². The van der Waals surface area contributed by atoms with Crippen molar-refractivity contribution in [2.45, 2.75) is 25.3 Å². The molecule has 0 bridgehead atoms. The van der Waals surface area contributed by atoms with Crippen LogP contribution in [-0.2, 0) is 16.0 Å². The number of nitrogens with two attached hydrogens (primary N) is 1. The molecular formula is C11H16N2O2. The van der Waals surface area contributed by atoms with Gasteiger partial charge in [-0.25, -0.2) is 0 Å². The summed E-state index contributed by atoms with van der Waals surface area (Å²) in [7, 11) is 1.35. The fourth-order valence-corrected chi connectivity index (χ4v) is 1.34. The molecule has 15 heavy (non-hydrogen) atoms. The number of esters is 1. The second kappa shape index (κ2) is 6.14. The molecule has 0 saturated heterocycles. The molecule has 0 aliphatic heterocycles. The van der Waals surface area contributed by atoms with Crippen LogP contribution < -0.4 is 5.73 Å². The molecule has 0 spiro atoms. The summed E-state index contributed by atoms with van der Waals surface area (Å²) in [4.78, 5) is 15.0. The number of pyridine rings is 1. The molecule has 0 aromatic carbocycles. The van der Waals surface area contributed by atoms with Gasteiger partial charge < -0.3 is 10.5 Å². The maximum Gasteiger partial charge on any atom is 0.322 e. The average molecular weight is 208 g/mol. The van der Waals surface area contributed by atoms with Crippen LogP contribution in [0.25, 0.3) is 0 Å². The van der Waals surface area contributed by atoms with Crippen LogP contribution in [0.4, 0.5) is 0 Å². The maximum absolute atomic E-state index is 11.0. The molecule has 1 aromatic heterocycles. The lowest BCUT2D eigenvalue weighted by Crippen LogP contribution is -2.31. The molecule has 0 aliphatic rings. The molecule has 82 valence electrons. The Kier molecular flexibility index (Phi) is 4.77. The normalized spacial score (nSPS) is 12.1. The predicted molar refractivity (Wildman–Crippen MR) is 57.2 cm³/mol. The highest BCUT2D eigenvalue weighted by atomic mass is 16.5. The molecule has 0 radical (unpaired) electrons. The van der Waals surface area contributed by atoms with E-state index in [1.807, 2.05) is 18.3 Å². The van der Waals surface area contributed by atoms with Gasteiger partial charge in [0.15, 0.2) is 0 Å². The lowest BCUT2D eigenvalue weighted by molar-refractivity contribution is -0.142. The van der Waals surface area contributed by atoms with Crippen LogP contribution in [0.2, 0.25) is 0 Å². The number of carbonyl (C=O) groups excluding carboxylic acids is 1. The minimum absolute atomic E-state index is 0.346. The third-order valence-corrected chi connectivity index (χ3v) is 2.21. The number of rotatable bonds is 5. The van der Waals surface area contributed by atoms with Gasteiger partial charge in [0, 0.05) is 12.4 Å². The molecule has 1 aromatic rings. The molecule has 4 nitrogen and oxygen atoms in total. The summed E-state index contributed by atoms with van der Waals surface area (Å²) < 4.78 is 4.54. The van der Waals surface area contributed by atoms with Gasteiger partial charge in [0.2, 0.25) is 0 Å². The van der Waals surface area contributed by atoms with E-state index in [4.69, 9.17) is 5.73 Å². The summed E-state index contributed by atoms with van der Waals surface area (Å²) >= 11 is 0. The van der Waals surface area contributed by atoms with E-state index >= 15 is 0 Å². The van der Waals surface area contributed by atoms with Gasteiger partial charge >= 0.3 is 5.97 Å². The molecule has 0 fully saturated rings. The van der Waals surface area contributed by atoms with Crippen molar-refractivity contribution in [3.05, 3.63) is 30.1 Å². The number of nitrogens with zero attached hydrogens (tertiary/aromatic N) is 1. The predicted octanol–water partition coefficient (Wildman–Crippen LogP) is 0.905. The van der Waals surface area contributed by atoms with Crippen LogP contribution in [0, 0.1) is 0 Å². The largest absolute Gasteiger partial charge is 0.468 e. The summed E-state index contributed by atoms with van der Waals surface area (Å²) in [5.74, 6) is -0.346. The van der Waals surface area contributed by atoms with Gasteiger partial charge in [-0.1, -0.05) is 6.07 Å². The van der Waals surface area contributed by atoms with Crippen molar-refractivity contribution >= 4 is 5.97 Å². The number of ether oxygens (including phenoxy) is 1. The first-order valence-corrected chi connectivity index (χ1v) is 4.96. The number of aromatic nitrogens is 1. The van der Waals surface area contributed by atoms with Gasteiger partial charge in [-0.05, 0) is 30.9 Å². The Morgan fingerprint density at radius 1 is 1.67 bits per heavy atom. The van der Waals surface area contributed by atoms with Gasteiger partial charge in [0.1, 0.15) is 6.04 Å². The number of carbonyl (C=O) groups is 1. The van der Waals surface area contributed by atoms with Crippen molar-refractivity contribution in [2.24, 2.45) is 5.73 Å². The van der Waals surface area contributed by atoms with E-state index in [2.05, 4.69) is 9.72 Å². The van der Waals surface area contributed by atoms with Crippen LogP contribution in [0.15, 0.2) is 24.5 Å². The number of hydrogen-bond donors (Lipinski definition) is 1. The Hall–Kier alpha value is -1.42. The SMILES string of the molecule is COC(=O)C(N)CCCc1cccnc1. The molecule has 1 heterocycles. The summed E-state index contributed by atoms with van der Waals surface area (Å²) in [6.45, 7) is 0. The summed E-state index contributed by atoms with van der Waals surface area (Å²) in [5.41, 5.74) is 6.76. The van der Waals surface area contributed by atoms with Crippen LogP contribution >= 0.6 is 0 Å². The van der Waals surface area contributed by atoms with Gasteiger partial charge in [-0.2, -0.15) is 0 Å². The highest BCUT2D eigenvalue weighted by molar-refractivity contribution is 5.75. The van der Waals surface area contributed by atoms with E-state index in [1.54, 1.807) is 6.20 Å². The Bertz CT molecular complexity index is 301. The highest BCUT2D eigenvalue weighted by Crippen LogP contribution is 2.04. The second-order valence-corrected chi connectivity index (χ2v) is 3.38. The summed E-state index contributed by atoms with van der Waals surface area (Å²) in [6, 6.07) is 3.40. The van der Waals surface area contributed by atoms with Crippen LogP contribution in [-0.4, -0.2) is 24.1 Å². The quantitative estimate of drug-likeness (QED) is 0.730. The number of methoxy groups -OCH3 is 1. The standard InChI is InChI=1S/C11H16N2O2/c1-15-11(14)10(12)6-2-4-9-5-3-7-13-8-9/h3,5,7-8,10H,2,4,6,12H2,1H3. The van der Waals surface area contributed by atoms with Crippen molar-refractivity contribution in [1.82, 2.24) is 4.98 Å². The number of aryl methyl sites for hydroxylation is 1. The first kappa shape index (κ1) is 11.7. The smallest absolute Gasteiger partial charge is 0.322 e. The monoisotopic (exact) mass is 208 g/mol. The lowest BCUT2D eigenvalue weighted by atomic mass is 10.1. The first-order valence-electron chi connectivity index (χ1n) is 4.96. The zero-order valence-electron chi connectivity index (χ0n) is 8.85. The molecule has 0 saturated carbocycles. The Morgan fingerprint density at radius 3 is 3.07 bits per heavy atom. The third-order valence-electron chi connectivity index (χ3n) is 2.21. The molecule has 0 aliphatic carbocycles. The maximum atomic E-state index is 11.0. The van der Waals surface area contributed by atoms with Gasteiger partial charge in [-0.15, -0.1) is 0 Å². The third kappa shape index (κ3) is 4.08. The minimum Gasteiger partial charge on any atom is -0.468 e. The molecular weight excluding hydrogens is 192 g/mol. The molecule has 0 amide bonds. The van der Waals surface area contributed by atoms with E-state index in [-0.39, 0.29) is 5.97 Å². The molecule has 2 N–H and O–H groups in total. The van der Waals surface area contributed by atoms with Gasteiger partial charge in [0.05, 0.1) is 7.11 Å². The van der Waals surface area contributed by atoms with E-state index < -0.39 is 6.04 Å². The van der Waals surface area contributed by atoms with Gasteiger partial charge in [0.25, 0.3) is 0 Å². The molecule has 1 rings (SSSR count). The highest BCUT2D eigenvalue weighted by Gasteiger charge is 2.12. The number of hydrogen-bond acceptors (Lipinski definition) is 4. The zero-order chi connectivity index (χ0) is 11.1. The first-order chi connectivity index (χ1) is 7.24. The van der Waals surface area contributed by atoms with Crippen LogP contribution in [0.5, 0.6) is 0 Å². The average Bonchev–Trinajstić information content (AvgIpc) is 2.29. The van der Waals surface area contributed by atoms with Crippen molar-refractivity contribution in [2.75, 3.05) is 7.11 Å². The Labute approximate surface area is 89.5 Å². The minimum atomic E-state index is -0.508. The molecule has 1 unspecified atom stereocenters. The second-order valence-electron chi connectivity index (χ2n) is 3.38.